The van der Waals surface area contributed by atoms with Crippen molar-refractivity contribution in [3.05, 3.63) is 35.4 Å². The fourth-order valence-electron chi connectivity index (χ4n) is 3.12. The molecule has 0 atom stereocenters. The lowest BCUT2D eigenvalue weighted by Gasteiger charge is -2.16. The molecule has 2 N–H and O–H groups in total. The van der Waals surface area contributed by atoms with Crippen LogP contribution in [0.1, 0.15) is 30.1 Å². The van der Waals surface area contributed by atoms with E-state index in [0.29, 0.717) is 13.1 Å². The molecule has 0 amide bonds. The second-order valence-electron chi connectivity index (χ2n) is 6.11. The number of halogens is 1. The summed E-state index contributed by atoms with van der Waals surface area (Å²) in [5.74, 6) is 4.36. The molecule has 0 saturated carbocycles. The fourth-order valence-corrected chi connectivity index (χ4v) is 3.12. The number of fused-ring (bicyclic) bond motifs is 2. The van der Waals surface area contributed by atoms with Crippen molar-refractivity contribution < 1.29 is 9.47 Å². The lowest BCUT2D eigenvalue weighted by molar-refractivity contribution is 0.174. The Morgan fingerprint density at radius 2 is 2.00 bits per heavy atom. The Hall–Kier alpha value is -2.04. The average molecular weight is 470 g/mol. The summed E-state index contributed by atoms with van der Waals surface area (Å²) < 4.78 is 12.9. The smallest absolute Gasteiger partial charge is 0.231 e. The molecule has 2 aromatic rings. The van der Waals surface area contributed by atoms with Crippen molar-refractivity contribution in [1.82, 2.24) is 25.4 Å². The van der Waals surface area contributed by atoms with E-state index in [2.05, 4.69) is 30.4 Å². The van der Waals surface area contributed by atoms with Crippen LogP contribution in [0.4, 0.5) is 0 Å². The van der Waals surface area contributed by atoms with E-state index in [1.54, 1.807) is 7.05 Å². The van der Waals surface area contributed by atoms with E-state index in [1.165, 1.54) is 12.8 Å². The number of rotatable bonds is 4. The molecule has 9 heteroatoms. The number of nitrogens with zero attached hydrogens (tertiary/aromatic N) is 4. The van der Waals surface area contributed by atoms with Crippen molar-refractivity contribution in [1.29, 1.82) is 0 Å². The topological polar surface area (TPSA) is 85.6 Å². The van der Waals surface area contributed by atoms with Crippen LogP contribution in [0.5, 0.6) is 11.5 Å². The van der Waals surface area contributed by atoms with Crippen LogP contribution in [-0.2, 0) is 26.1 Å². The molecule has 0 spiro atoms. The summed E-state index contributed by atoms with van der Waals surface area (Å²) in [6.07, 6.45) is 3.41. The third-order valence-electron chi connectivity index (χ3n) is 4.47. The Morgan fingerprint density at radius 3 is 2.88 bits per heavy atom. The van der Waals surface area contributed by atoms with Crippen LogP contribution in [0.15, 0.2) is 23.2 Å². The van der Waals surface area contributed by atoms with Crippen LogP contribution in [0.25, 0.3) is 0 Å². The number of guanidine groups is 1. The van der Waals surface area contributed by atoms with Crippen molar-refractivity contribution in [3.63, 3.8) is 0 Å². The standard InChI is InChI=1S/C17H22N6O2.HI/c1-18-17(19-9-12-5-6-13-14(8-12)25-11-24-13)20-10-16-22-21-15-4-2-3-7-23(15)16;/h5-6,8H,2-4,7,9-11H2,1H3,(H2,18,19,20);1H. The highest BCUT2D eigenvalue weighted by atomic mass is 127. The number of hydrogen-bond donors (Lipinski definition) is 2. The maximum atomic E-state index is 5.41. The van der Waals surface area contributed by atoms with E-state index < -0.39 is 0 Å². The first kappa shape index (κ1) is 18.7. The molecule has 4 rings (SSSR count). The summed E-state index contributed by atoms with van der Waals surface area (Å²) in [6.45, 7) is 2.54. The van der Waals surface area contributed by atoms with Crippen molar-refractivity contribution >= 4 is 29.9 Å². The molecule has 8 nitrogen and oxygen atoms in total. The highest BCUT2D eigenvalue weighted by Crippen LogP contribution is 2.32. The molecule has 0 saturated heterocycles. The van der Waals surface area contributed by atoms with Crippen molar-refractivity contribution in [2.45, 2.75) is 38.9 Å². The highest BCUT2D eigenvalue weighted by Gasteiger charge is 2.16. The van der Waals surface area contributed by atoms with Crippen LogP contribution < -0.4 is 20.1 Å². The summed E-state index contributed by atoms with van der Waals surface area (Å²) in [6, 6.07) is 5.93. The summed E-state index contributed by atoms with van der Waals surface area (Å²) in [7, 11) is 1.76. The largest absolute Gasteiger partial charge is 0.454 e. The van der Waals surface area contributed by atoms with E-state index >= 15 is 0 Å². The molecule has 3 heterocycles. The normalized spacial score (nSPS) is 15.2. The zero-order valence-corrected chi connectivity index (χ0v) is 17.0. The van der Waals surface area contributed by atoms with Crippen LogP contribution in [-0.4, -0.2) is 34.6 Å². The van der Waals surface area contributed by atoms with Gasteiger partial charge in [-0.15, -0.1) is 34.2 Å². The Kier molecular flexibility index (Phi) is 6.17. The molecule has 0 radical (unpaired) electrons. The summed E-state index contributed by atoms with van der Waals surface area (Å²) in [4.78, 5) is 4.27. The van der Waals surface area contributed by atoms with Gasteiger partial charge in [-0.3, -0.25) is 4.99 Å². The first-order valence-corrected chi connectivity index (χ1v) is 8.57. The minimum absolute atomic E-state index is 0. The average Bonchev–Trinajstić information content (AvgIpc) is 3.28. The molecular weight excluding hydrogens is 447 g/mol. The first-order chi connectivity index (χ1) is 12.3. The lowest BCUT2D eigenvalue weighted by Crippen LogP contribution is -2.37. The quantitative estimate of drug-likeness (QED) is 0.403. The zero-order chi connectivity index (χ0) is 17.1. The SMILES string of the molecule is CN=C(NCc1ccc2c(c1)OCO2)NCc1nnc2n1CCCC2.I. The number of benzene rings is 1. The minimum Gasteiger partial charge on any atom is -0.454 e. The second kappa shape index (κ2) is 8.56. The molecule has 2 aliphatic rings. The molecule has 0 aliphatic carbocycles. The number of nitrogens with one attached hydrogen (secondary N) is 2. The van der Waals surface area contributed by atoms with E-state index in [4.69, 9.17) is 9.47 Å². The van der Waals surface area contributed by atoms with Crippen molar-refractivity contribution in [2.75, 3.05) is 13.8 Å². The first-order valence-electron chi connectivity index (χ1n) is 8.57. The Balaban J connectivity index is 0.00000196. The predicted molar refractivity (Wildman–Crippen MR) is 108 cm³/mol. The molecule has 0 bridgehead atoms. The van der Waals surface area contributed by atoms with Gasteiger partial charge in [0.25, 0.3) is 0 Å². The van der Waals surface area contributed by atoms with Crippen molar-refractivity contribution in [2.24, 2.45) is 4.99 Å². The molecule has 26 heavy (non-hydrogen) atoms. The molecule has 0 fully saturated rings. The number of hydrogen-bond acceptors (Lipinski definition) is 5. The predicted octanol–water partition coefficient (Wildman–Crippen LogP) is 1.83. The molecule has 2 aliphatic heterocycles. The third-order valence-corrected chi connectivity index (χ3v) is 4.47. The number of aromatic nitrogens is 3. The van der Waals surface area contributed by atoms with Gasteiger partial charge in [0.1, 0.15) is 5.82 Å². The Morgan fingerprint density at radius 1 is 1.15 bits per heavy atom. The second-order valence-corrected chi connectivity index (χ2v) is 6.11. The number of aliphatic imine (C=N–C) groups is 1. The van der Waals surface area contributed by atoms with Crippen LogP contribution in [0, 0.1) is 0 Å². The molecule has 1 aromatic heterocycles. The van der Waals surface area contributed by atoms with Crippen LogP contribution in [0.3, 0.4) is 0 Å². The molecular formula is C17H23IN6O2. The van der Waals surface area contributed by atoms with Gasteiger partial charge in [0.05, 0.1) is 6.54 Å². The number of aryl methyl sites for hydroxylation is 1. The van der Waals surface area contributed by atoms with Gasteiger partial charge in [-0.1, -0.05) is 6.07 Å². The van der Waals surface area contributed by atoms with E-state index in [1.807, 2.05) is 18.2 Å². The molecule has 0 unspecified atom stereocenters. The van der Waals surface area contributed by atoms with Gasteiger partial charge in [0.2, 0.25) is 6.79 Å². The van der Waals surface area contributed by atoms with Gasteiger partial charge in [0, 0.05) is 26.6 Å². The van der Waals surface area contributed by atoms with E-state index in [-0.39, 0.29) is 30.8 Å². The Labute approximate surface area is 169 Å². The van der Waals surface area contributed by atoms with E-state index in [9.17, 15) is 0 Å². The fraction of sp³-hybridized carbons (Fsp3) is 0.471. The number of ether oxygens (including phenoxy) is 2. The monoisotopic (exact) mass is 470 g/mol. The third kappa shape index (κ3) is 4.02. The minimum atomic E-state index is 0. The van der Waals surface area contributed by atoms with Gasteiger partial charge < -0.3 is 24.7 Å². The lowest BCUT2D eigenvalue weighted by atomic mass is 10.2. The maximum Gasteiger partial charge on any atom is 0.231 e. The van der Waals surface area contributed by atoms with Crippen LogP contribution in [0.2, 0.25) is 0 Å². The summed E-state index contributed by atoms with van der Waals surface area (Å²) in [5.41, 5.74) is 1.10. The highest BCUT2D eigenvalue weighted by molar-refractivity contribution is 14.0. The van der Waals surface area contributed by atoms with Gasteiger partial charge in [-0.2, -0.15) is 0 Å². The summed E-state index contributed by atoms with van der Waals surface area (Å²) in [5, 5.41) is 15.2. The van der Waals surface area contributed by atoms with Gasteiger partial charge in [-0.25, -0.2) is 0 Å². The maximum absolute atomic E-state index is 5.41. The summed E-state index contributed by atoms with van der Waals surface area (Å²) >= 11 is 0. The Bertz CT molecular complexity index is 792. The van der Waals surface area contributed by atoms with Crippen LogP contribution >= 0.6 is 24.0 Å². The van der Waals surface area contributed by atoms with E-state index in [0.717, 1.165) is 47.6 Å². The molecule has 140 valence electrons. The van der Waals surface area contributed by atoms with Gasteiger partial charge in [0.15, 0.2) is 23.3 Å². The van der Waals surface area contributed by atoms with Gasteiger partial charge >= 0.3 is 0 Å². The van der Waals surface area contributed by atoms with Crippen molar-refractivity contribution in [3.8, 4) is 11.5 Å². The molecule has 1 aromatic carbocycles. The zero-order valence-electron chi connectivity index (χ0n) is 14.7. The van der Waals surface area contributed by atoms with Gasteiger partial charge in [-0.05, 0) is 30.5 Å².